The Morgan fingerprint density at radius 1 is 0.947 bits per heavy atom. The van der Waals surface area contributed by atoms with E-state index in [0.29, 0.717) is 0 Å². The zero-order chi connectivity index (χ0) is 13.7. The fraction of sp³-hybridized carbons (Fsp3) is 0.176. The van der Waals surface area contributed by atoms with Gasteiger partial charge < -0.3 is 9.47 Å². The minimum Gasteiger partial charge on any atom is -0.497 e. The van der Waals surface area contributed by atoms with Gasteiger partial charge in [0, 0.05) is 6.07 Å². The quantitative estimate of drug-likeness (QED) is 0.804. The van der Waals surface area contributed by atoms with Crippen molar-refractivity contribution in [2.24, 2.45) is 0 Å². The Labute approximate surface area is 114 Å². The number of methoxy groups -OCH3 is 2. The molecule has 0 bridgehead atoms. The van der Waals surface area contributed by atoms with E-state index in [1.54, 1.807) is 14.2 Å². The molecule has 0 unspecified atom stereocenters. The molecule has 0 N–H and O–H groups in total. The van der Waals surface area contributed by atoms with Crippen LogP contribution in [-0.2, 0) is 6.42 Å². The lowest BCUT2D eigenvalue weighted by Gasteiger charge is -2.10. The second-order valence-electron chi connectivity index (χ2n) is 4.37. The summed E-state index contributed by atoms with van der Waals surface area (Å²) in [6, 6.07) is 16.1. The summed E-state index contributed by atoms with van der Waals surface area (Å²) in [4.78, 5) is 0. The van der Waals surface area contributed by atoms with Gasteiger partial charge in [0.05, 0.1) is 14.2 Å². The number of hydrogen-bond donors (Lipinski definition) is 0. The van der Waals surface area contributed by atoms with Crippen LogP contribution in [0.3, 0.4) is 0 Å². The van der Waals surface area contributed by atoms with E-state index in [0.717, 1.165) is 34.6 Å². The molecule has 98 valence electrons. The second-order valence-corrected chi connectivity index (χ2v) is 4.37. The van der Waals surface area contributed by atoms with Gasteiger partial charge in [-0.2, -0.15) is 0 Å². The second kappa shape index (κ2) is 6.10. The van der Waals surface area contributed by atoms with Gasteiger partial charge in [0.1, 0.15) is 11.5 Å². The van der Waals surface area contributed by atoms with Crippen LogP contribution in [0.1, 0.15) is 11.1 Å². The summed E-state index contributed by atoms with van der Waals surface area (Å²) < 4.78 is 10.5. The molecule has 0 atom stereocenters. The molecule has 0 aliphatic heterocycles. The van der Waals surface area contributed by atoms with Crippen molar-refractivity contribution in [3.05, 3.63) is 66.2 Å². The van der Waals surface area contributed by atoms with Gasteiger partial charge >= 0.3 is 0 Å². The van der Waals surface area contributed by atoms with Crippen LogP contribution < -0.4 is 9.47 Å². The molecule has 0 aromatic heterocycles. The summed E-state index contributed by atoms with van der Waals surface area (Å²) in [5.41, 5.74) is 3.37. The monoisotopic (exact) mass is 254 g/mol. The normalized spacial score (nSPS) is 10.0. The van der Waals surface area contributed by atoms with Crippen molar-refractivity contribution >= 4 is 5.57 Å². The third-order valence-electron chi connectivity index (χ3n) is 3.01. The third-order valence-corrected chi connectivity index (χ3v) is 3.01. The van der Waals surface area contributed by atoms with Crippen LogP contribution in [0.5, 0.6) is 11.5 Å². The largest absolute Gasteiger partial charge is 0.497 e. The minimum atomic E-state index is 0.775. The molecule has 0 saturated carbocycles. The predicted molar refractivity (Wildman–Crippen MR) is 78.7 cm³/mol. The van der Waals surface area contributed by atoms with Crippen molar-refractivity contribution in [3.63, 3.8) is 0 Å². The van der Waals surface area contributed by atoms with E-state index < -0.39 is 0 Å². The van der Waals surface area contributed by atoms with Gasteiger partial charge in [-0.25, -0.2) is 0 Å². The number of hydrogen-bond acceptors (Lipinski definition) is 2. The van der Waals surface area contributed by atoms with E-state index in [1.165, 1.54) is 0 Å². The molecule has 2 nitrogen and oxygen atoms in total. The Bertz CT molecular complexity index is 536. The van der Waals surface area contributed by atoms with Gasteiger partial charge in [-0.1, -0.05) is 36.9 Å². The molecule has 0 fully saturated rings. The molecule has 0 radical (unpaired) electrons. The first-order chi connectivity index (χ1) is 9.22. The molecule has 0 aliphatic rings. The maximum absolute atomic E-state index is 5.27. The summed E-state index contributed by atoms with van der Waals surface area (Å²) in [5.74, 6) is 1.60. The SMILES string of the molecule is C=C(Cc1cc(OC)cc(OC)c1)c1ccccc1. The highest BCUT2D eigenvalue weighted by Crippen LogP contribution is 2.26. The van der Waals surface area contributed by atoms with Crippen LogP contribution in [0, 0.1) is 0 Å². The first-order valence-electron chi connectivity index (χ1n) is 6.18. The van der Waals surface area contributed by atoms with E-state index in [1.807, 2.05) is 36.4 Å². The van der Waals surface area contributed by atoms with Crippen molar-refractivity contribution in [2.75, 3.05) is 14.2 Å². The molecule has 2 rings (SSSR count). The summed E-state index contributed by atoms with van der Waals surface area (Å²) in [6.07, 6.45) is 0.775. The number of ether oxygens (including phenoxy) is 2. The molecule has 2 aromatic carbocycles. The zero-order valence-corrected chi connectivity index (χ0v) is 11.3. The molecule has 0 amide bonds. The van der Waals surface area contributed by atoms with Gasteiger partial charge in [-0.15, -0.1) is 0 Å². The molecular formula is C17H18O2. The van der Waals surface area contributed by atoms with Gasteiger partial charge in [0.2, 0.25) is 0 Å². The lowest BCUT2D eigenvalue weighted by Crippen LogP contribution is -1.93. The van der Waals surface area contributed by atoms with Crippen LogP contribution >= 0.6 is 0 Å². The maximum Gasteiger partial charge on any atom is 0.122 e. The summed E-state index contributed by atoms with van der Waals surface area (Å²) >= 11 is 0. The summed E-state index contributed by atoms with van der Waals surface area (Å²) in [7, 11) is 3.31. The number of rotatable bonds is 5. The summed E-state index contributed by atoms with van der Waals surface area (Å²) in [6.45, 7) is 4.15. The van der Waals surface area contributed by atoms with Crippen molar-refractivity contribution in [1.82, 2.24) is 0 Å². The fourth-order valence-electron chi connectivity index (χ4n) is 1.99. The van der Waals surface area contributed by atoms with Crippen LogP contribution in [0.15, 0.2) is 55.1 Å². The van der Waals surface area contributed by atoms with Crippen LogP contribution in [0.4, 0.5) is 0 Å². The van der Waals surface area contributed by atoms with Gasteiger partial charge in [-0.05, 0) is 35.3 Å². The maximum atomic E-state index is 5.27. The Kier molecular flexibility index (Phi) is 4.24. The van der Waals surface area contributed by atoms with Crippen molar-refractivity contribution in [1.29, 1.82) is 0 Å². The lowest BCUT2D eigenvalue weighted by atomic mass is 9.99. The van der Waals surface area contributed by atoms with Crippen LogP contribution in [0.25, 0.3) is 5.57 Å². The van der Waals surface area contributed by atoms with Gasteiger partial charge in [-0.3, -0.25) is 0 Å². The molecule has 0 aliphatic carbocycles. The molecular weight excluding hydrogens is 236 g/mol. The Balaban J connectivity index is 2.21. The van der Waals surface area contributed by atoms with E-state index in [4.69, 9.17) is 9.47 Å². The van der Waals surface area contributed by atoms with E-state index >= 15 is 0 Å². The fourth-order valence-corrected chi connectivity index (χ4v) is 1.99. The first kappa shape index (κ1) is 13.2. The predicted octanol–water partition coefficient (Wildman–Crippen LogP) is 3.96. The highest BCUT2D eigenvalue weighted by Gasteiger charge is 2.05. The smallest absolute Gasteiger partial charge is 0.122 e. The molecule has 0 heterocycles. The Morgan fingerprint density at radius 3 is 2.05 bits per heavy atom. The van der Waals surface area contributed by atoms with Crippen molar-refractivity contribution < 1.29 is 9.47 Å². The van der Waals surface area contributed by atoms with E-state index in [9.17, 15) is 0 Å². The zero-order valence-electron chi connectivity index (χ0n) is 11.3. The van der Waals surface area contributed by atoms with Crippen molar-refractivity contribution in [3.8, 4) is 11.5 Å². The van der Waals surface area contributed by atoms with Crippen molar-refractivity contribution in [2.45, 2.75) is 6.42 Å². The molecule has 19 heavy (non-hydrogen) atoms. The first-order valence-corrected chi connectivity index (χ1v) is 6.18. The average Bonchev–Trinajstić information content (AvgIpc) is 2.47. The molecule has 0 saturated heterocycles. The number of allylic oxidation sites excluding steroid dienone is 1. The highest BCUT2D eigenvalue weighted by molar-refractivity contribution is 5.66. The van der Waals surface area contributed by atoms with E-state index in [-0.39, 0.29) is 0 Å². The number of benzene rings is 2. The Hall–Kier alpha value is -2.22. The molecule has 2 aromatic rings. The van der Waals surface area contributed by atoms with Gasteiger partial charge in [0.15, 0.2) is 0 Å². The lowest BCUT2D eigenvalue weighted by molar-refractivity contribution is 0.393. The van der Waals surface area contributed by atoms with Crippen LogP contribution in [0.2, 0.25) is 0 Å². The summed E-state index contributed by atoms with van der Waals surface area (Å²) in [5, 5.41) is 0. The highest BCUT2D eigenvalue weighted by atomic mass is 16.5. The topological polar surface area (TPSA) is 18.5 Å². The standard InChI is InChI=1S/C17H18O2/c1-13(15-7-5-4-6-8-15)9-14-10-16(18-2)12-17(11-14)19-3/h4-8,10-12H,1,9H2,2-3H3. The average molecular weight is 254 g/mol. The minimum absolute atomic E-state index is 0.775. The van der Waals surface area contributed by atoms with Gasteiger partial charge in [0.25, 0.3) is 0 Å². The third kappa shape index (κ3) is 3.38. The molecule has 2 heteroatoms. The van der Waals surface area contributed by atoms with Crippen LogP contribution in [-0.4, -0.2) is 14.2 Å². The van der Waals surface area contributed by atoms with E-state index in [2.05, 4.69) is 18.7 Å². The Morgan fingerprint density at radius 2 is 1.53 bits per heavy atom. The molecule has 0 spiro atoms.